The number of aromatic nitrogens is 4. The van der Waals surface area contributed by atoms with Gasteiger partial charge in [0.25, 0.3) is 11.8 Å². The molecule has 2 aliphatic heterocycles. The van der Waals surface area contributed by atoms with Gasteiger partial charge in [0, 0.05) is 84.9 Å². The second-order valence-corrected chi connectivity index (χ2v) is 26.2. The summed E-state index contributed by atoms with van der Waals surface area (Å²) in [6, 6.07) is 24.1. The predicted molar refractivity (Wildman–Crippen MR) is 323 cm³/mol. The lowest BCUT2D eigenvalue weighted by Gasteiger charge is -2.24. The number of aryl methyl sites for hydroxylation is 2. The van der Waals surface area contributed by atoms with Gasteiger partial charge in [0.2, 0.25) is 5.91 Å². The molecule has 11 rings (SSSR count). The monoisotopic (exact) mass is 1180 g/mol. The van der Waals surface area contributed by atoms with Crippen LogP contribution < -0.4 is 24.2 Å². The highest BCUT2D eigenvalue weighted by Gasteiger charge is 2.34. The lowest BCUT2D eigenvalue weighted by molar-refractivity contribution is -0.132. The lowest BCUT2D eigenvalue weighted by atomic mass is 9.81. The third-order valence-electron chi connectivity index (χ3n) is 16.6. The zero-order chi connectivity index (χ0) is 59.9. The summed E-state index contributed by atoms with van der Waals surface area (Å²) < 4.78 is 72.5. The SMILES string of the molecule is COc1ccc2c(c1)C=C(C(=O)NCc1cc(C)nn1C)Cn1c-2c(C2CCCCC2)c2ccc(C(=O)NS(=O)(=O)N(C)C)cc21.COc1ccc2c(c1)C=C(C(=O)O)Cn1c-2c(C2CCCCC2)c2ccc(C(=O)NS(=O)(=O)N(C)C)cc21. The molecule has 5 heterocycles. The molecule has 442 valence electrons. The Morgan fingerprint density at radius 3 is 1.45 bits per heavy atom. The Morgan fingerprint density at radius 1 is 0.607 bits per heavy atom. The van der Waals surface area contributed by atoms with Gasteiger partial charge in [0.05, 0.1) is 62.2 Å². The number of hydrogen-bond acceptors (Lipinski definition) is 11. The van der Waals surface area contributed by atoms with Crippen LogP contribution in [0.25, 0.3) is 56.5 Å². The molecule has 0 unspecified atom stereocenters. The molecular formula is C62H71N9O11S2. The second-order valence-electron chi connectivity index (χ2n) is 22.4. The molecule has 22 heteroatoms. The molecule has 0 atom stereocenters. The molecule has 4 aromatic carbocycles. The summed E-state index contributed by atoms with van der Waals surface area (Å²) in [5.74, 6) is -0.796. The molecule has 2 aliphatic carbocycles. The fourth-order valence-corrected chi connectivity index (χ4v) is 13.4. The van der Waals surface area contributed by atoms with Crippen LogP contribution in [0, 0.1) is 6.92 Å². The van der Waals surface area contributed by atoms with Crippen molar-refractivity contribution in [1.29, 1.82) is 0 Å². The van der Waals surface area contributed by atoms with E-state index in [9.17, 15) is 41.1 Å². The highest BCUT2D eigenvalue weighted by atomic mass is 32.2. The zero-order valence-corrected chi connectivity index (χ0v) is 50.2. The van der Waals surface area contributed by atoms with Crippen molar-refractivity contribution in [3.8, 4) is 34.0 Å². The summed E-state index contributed by atoms with van der Waals surface area (Å²) in [5, 5.41) is 19.5. The summed E-state index contributed by atoms with van der Waals surface area (Å²) in [7, 11) is 2.51. The number of aliphatic carboxylic acids is 1. The van der Waals surface area contributed by atoms with Crippen LogP contribution in [0.1, 0.15) is 130 Å². The maximum absolute atomic E-state index is 13.9. The van der Waals surface area contributed by atoms with Gasteiger partial charge in [-0.3, -0.25) is 19.1 Å². The molecule has 2 saturated carbocycles. The quantitative estimate of drug-likeness (QED) is 0.0797. The first-order chi connectivity index (χ1) is 40.1. The average molecular weight is 1180 g/mol. The Bertz CT molecular complexity index is 4080. The third kappa shape index (κ3) is 11.8. The van der Waals surface area contributed by atoms with Crippen molar-refractivity contribution >= 4 is 78.1 Å². The van der Waals surface area contributed by atoms with E-state index < -0.39 is 38.2 Å². The van der Waals surface area contributed by atoms with Crippen molar-refractivity contribution in [2.24, 2.45) is 7.05 Å². The molecule has 0 bridgehead atoms. The van der Waals surface area contributed by atoms with E-state index in [2.05, 4.69) is 24.4 Å². The smallest absolute Gasteiger partial charge is 0.333 e. The van der Waals surface area contributed by atoms with Crippen LogP contribution in [0.2, 0.25) is 0 Å². The summed E-state index contributed by atoms with van der Waals surface area (Å²) in [5.41, 5.74) is 12.2. The van der Waals surface area contributed by atoms with Gasteiger partial charge in [-0.05, 0) is 146 Å². The molecule has 0 radical (unpaired) electrons. The van der Waals surface area contributed by atoms with E-state index in [1.54, 1.807) is 49.2 Å². The van der Waals surface area contributed by atoms with Crippen LogP contribution >= 0.6 is 0 Å². The van der Waals surface area contributed by atoms with Crippen LogP contribution in [0.4, 0.5) is 0 Å². The number of hydrogen-bond donors (Lipinski definition) is 4. The van der Waals surface area contributed by atoms with E-state index >= 15 is 0 Å². The highest BCUT2D eigenvalue weighted by molar-refractivity contribution is 7.88. The normalized spacial score (nSPS) is 15.5. The van der Waals surface area contributed by atoms with Crippen LogP contribution in [0.5, 0.6) is 11.5 Å². The molecule has 4 N–H and O–H groups in total. The number of amides is 3. The Labute approximate surface area is 489 Å². The summed E-state index contributed by atoms with van der Waals surface area (Å²) in [4.78, 5) is 52.3. The van der Waals surface area contributed by atoms with Gasteiger partial charge in [0.15, 0.2) is 0 Å². The number of rotatable bonds is 14. The molecule has 7 aromatic rings. The van der Waals surface area contributed by atoms with Gasteiger partial charge in [-0.15, -0.1) is 0 Å². The maximum atomic E-state index is 13.9. The van der Waals surface area contributed by atoms with Crippen molar-refractivity contribution < 1.29 is 50.6 Å². The minimum absolute atomic E-state index is 0.103. The first-order valence-electron chi connectivity index (χ1n) is 28.2. The minimum Gasteiger partial charge on any atom is -0.497 e. The van der Waals surface area contributed by atoms with E-state index in [1.807, 2.05) is 79.2 Å². The molecular weight excluding hydrogens is 1110 g/mol. The number of benzene rings is 4. The number of ether oxygens (including phenoxy) is 2. The molecule has 4 aliphatic rings. The van der Waals surface area contributed by atoms with Gasteiger partial charge < -0.3 is 29.0 Å². The molecule has 0 saturated heterocycles. The number of fused-ring (bicyclic) bond motifs is 10. The summed E-state index contributed by atoms with van der Waals surface area (Å²) >= 11 is 0. The number of nitrogens with zero attached hydrogens (tertiary/aromatic N) is 6. The van der Waals surface area contributed by atoms with Gasteiger partial charge >= 0.3 is 26.4 Å². The summed E-state index contributed by atoms with van der Waals surface area (Å²) in [6.45, 7) is 2.59. The molecule has 3 aromatic heterocycles. The molecule has 2 fully saturated rings. The number of carboxylic acids is 1. The molecule has 3 amide bonds. The van der Waals surface area contributed by atoms with Gasteiger partial charge in [-0.2, -0.15) is 30.5 Å². The van der Waals surface area contributed by atoms with Crippen LogP contribution in [-0.2, 0) is 56.7 Å². The third-order valence-corrected chi connectivity index (χ3v) is 19.4. The number of nitrogens with one attached hydrogen (secondary N) is 3. The number of carboxylic acid groups (broad SMARTS) is 1. The number of methoxy groups -OCH3 is 2. The average Bonchev–Trinajstić information content (AvgIpc) is 2.13. The van der Waals surface area contributed by atoms with Crippen LogP contribution in [0.3, 0.4) is 0 Å². The largest absolute Gasteiger partial charge is 0.497 e. The Kier molecular flexibility index (Phi) is 16.8. The minimum atomic E-state index is -3.98. The van der Waals surface area contributed by atoms with Crippen molar-refractivity contribution in [3.05, 3.63) is 135 Å². The standard InChI is InChI=1S/C34H40N6O5S.C28H31N3O6S/c1-21-15-26(39(4)36-21)19-35-33(41)25-16-24-17-27(45-5)12-14-28(24)32-31(22-9-7-6-8-10-22)29-13-11-23(18-30(29)40(32)20-25)34(42)37-46(43,44)38(2)3;1-30(2)38(35,36)29-27(32)18-9-11-23-24(15-18)31-16-20(28(33)34)13-19-14-21(37-3)10-12-22(19)26(31)25(23)17-7-5-4-6-8-17/h11-18,22H,6-10,19-20H2,1-5H3,(H,35,41)(H,37,42);9-15,17H,4-8,16H2,1-3H3,(H,29,32)(H,33,34). The highest BCUT2D eigenvalue weighted by Crippen LogP contribution is 2.49. The Balaban J connectivity index is 0.000000191. The topological polar surface area (TPSA) is 245 Å². The first-order valence-corrected chi connectivity index (χ1v) is 31.1. The fraction of sp³-hybridized carbons (Fsp3) is 0.371. The molecule has 84 heavy (non-hydrogen) atoms. The van der Waals surface area contributed by atoms with E-state index in [4.69, 9.17) is 9.47 Å². The Hall–Kier alpha value is -8.05. The summed E-state index contributed by atoms with van der Waals surface area (Å²) in [6.07, 6.45) is 14.6. The predicted octanol–water partition coefficient (Wildman–Crippen LogP) is 9.04. The zero-order valence-electron chi connectivity index (χ0n) is 48.5. The fourth-order valence-electron chi connectivity index (χ4n) is 12.3. The van der Waals surface area contributed by atoms with Gasteiger partial charge in [-0.25, -0.2) is 14.2 Å². The molecule has 0 spiro atoms. The second kappa shape index (κ2) is 23.9. The number of carbonyl (C=O) groups is 4. The Morgan fingerprint density at radius 2 is 1.05 bits per heavy atom. The van der Waals surface area contributed by atoms with Crippen molar-refractivity contribution in [2.45, 2.75) is 103 Å². The maximum Gasteiger partial charge on any atom is 0.333 e. The van der Waals surface area contributed by atoms with E-state index in [0.29, 0.717) is 35.1 Å². The van der Waals surface area contributed by atoms with Crippen molar-refractivity contribution in [1.82, 2.24) is 42.3 Å². The van der Waals surface area contributed by atoms with Gasteiger partial charge in [0.1, 0.15) is 11.5 Å². The lowest BCUT2D eigenvalue weighted by Crippen LogP contribution is -2.39. The van der Waals surface area contributed by atoms with Crippen molar-refractivity contribution in [2.75, 3.05) is 42.4 Å². The number of carbonyl (C=O) groups excluding carboxylic acids is 3. The van der Waals surface area contributed by atoms with Crippen LogP contribution in [0.15, 0.2) is 90.0 Å². The van der Waals surface area contributed by atoms with Gasteiger partial charge in [-0.1, -0.05) is 50.7 Å². The van der Waals surface area contributed by atoms with E-state index in [1.165, 1.54) is 46.6 Å². The van der Waals surface area contributed by atoms with E-state index in [-0.39, 0.29) is 41.6 Å². The van der Waals surface area contributed by atoms with Crippen molar-refractivity contribution in [3.63, 3.8) is 0 Å². The molecule has 20 nitrogen and oxygen atoms in total. The van der Waals surface area contributed by atoms with Crippen LogP contribution in [-0.4, -0.2) is 116 Å². The van der Waals surface area contributed by atoms with E-state index in [0.717, 1.165) is 127 Å². The first kappa shape index (κ1) is 59.1.